The highest BCUT2D eigenvalue weighted by molar-refractivity contribution is 5.92. The summed E-state index contributed by atoms with van der Waals surface area (Å²) in [7, 11) is 1.37. The van der Waals surface area contributed by atoms with E-state index in [1.807, 2.05) is 24.6 Å². The van der Waals surface area contributed by atoms with Crippen molar-refractivity contribution in [3.63, 3.8) is 0 Å². The first-order valence-corrected chi connectivity index (χ1v) is 6.64. The summed E-state index contributed by atoms with van der Waals surface area (Å²) in [5.41, 5.74) is 2.08. The molecule has 1 aliphatic heterocycles. The zero-order valence-electron chi connectivity index (χ0n) is 12.1. The summed E-state index contributed by atoms with van der Waals surface area (Å²) in [6.45, 7) is 4.52. The Hall–Kier alpha value is -2.64. The maximum absolute atomic E-state index is 12.2. The predicted molar refractivity (Wildman–Crippen MR) is 74.4 cm³/mol. The second-order valence-corrected chi connectivity index (χ2v) is 4.66. The van der Waals surface area contributed by atoms with E-state index in [1.165, 1.54) is 13.4 Å². The minimum absolute atomic E-state index is 0.394. The molecular formula is C13H16N6O2. The monoisotopic (exact) mass is 288 g/mol. The fourth-order valence-corrected chi connectivity index (χ4v) is 2.58. The molecule has 0 fully saturated rings. The number of carbonyl (C=O) groups excluding carboxylic acids is 1. The van der Waals surface area contributed by atoms with Crippen LogP contribution in [0.2, 0.25) is 0 Å². The van der Waals surface area contributed by atoms with Crippen molar-refractivity contribution in [2.45, 2.75) is 26.4 Å². The molecule has 3 rings (SSSR count). The van der Waals surface area contributed by atoms with Crippen LogP contribution < -0.4 is 5.32 Å². The predicted octanol–water partition coefficient (Wildman–Crippen LogP) is 0.956. The number of carbonyl (C=O) groups is 1. The van der Waals surface area contributed by atoms with Gasteiger partial charge in [0.2, 0.25) is 5.95 Å². The van der Waals surface area contributed by atoms with Gasteiger partial charge in [0, 0.05) is 18.4 Å². The average Bonchev–Trinajstić information content (AvgIpc) is 3.13. The van der Waals surface area contributed by atoms with Crippen molar-refractivity contribution < 1.29 is 9.53 Å². The van der Waals surface area contributed by atoms with Gasteiger partial charge in [-0.2, -0.15) is 15.2 Å². The van der Waals surface area contributed by atoms with Crippen LogP contribution in [-0.4, -0.2) is 37.6 Å². The molecule has 0 saturated heterocycles. The molecule has 2 aromatic rings. The van der Waals surface area contributed by atoms with Gasteiger partial charge in [-0.25, -0.2) is 9.48 Å². The second kappa shape index (κ2) is 5.04. The van der Waals surface area contributed by atoms with Crippen molar-refractivity contribution in [1.82, 2.24) is 24.5 Å². The first-order valence-electron chi connectivity index (χ1n) is 6.64. The number of hydrogen-bond acceptors (Lipinski definition) is 6. The van der Waals surface area contributed by atoms with Crippen LogP contribution in [0.3, 0.4) is 0 Å². The van der Waals surface area contributed by atoms with Crippen molar-refractivity contribution in [1.29, 1.82) is 0 Å². The highest BCUT2D eigenvalue weighted by Gasteiger charge is 2.35. The zero-order chi connectivity index (χ0) is 15.0. The molecule has 110 valence electrons. The molecule has 0 aromatic carbocycles. The molecule has 21 heavy (non-hydrogen) atoms. The molecule has 0 radical (unpaired) electrons. The van der Waals surface area contributed by atoms with E-state index in [2.05, 4.69) is 20.5 Å². The Balaban J connectivity index is 2.20. The first-order chi connectivity index (χ1) is 10.2. The highest BCUT2D eigenvalue weighted by Crippen LogP contribution is 2.34. The van der Waals surface area contributed by atoms with Crippen LogP contribution >= 0.6 is 0 Å². The molecule has 0 spiro atoms. The Bertz CT molecular complexity index is 714. The molecule has 0 bridgehead atoms. The number of aromatic nitrogens is 5. The lowest BCUT2D eigenvalue weighted by atomic mass is 10.0. The van der Waals surface area contributed by atoms with E-state index in [0.29, 0.717) is 23.8 Å². The summed E-state index contributed by atoms with van der Waals surface area (Å²) >= 11 is 0. The van der Waals surface area contributed by atoms with Crippen LogP contribution in [-0.2, 0) is 16.1 Å². The van der Waals surface area contributed by atoms with Crippen molar-refractivity contribution in [3.05, 3.63) is 35.6 Å². The van der Waals surface area contributed by atoms with Gasteiger partial charge in [-0.3, -0.25) is 4.68 Å². The lowest BCUT2D eigenvalue weighted by Crippen LogP contribution is -2.30. The van der Waals surface area contributed by atoms with Gasteiger partial charge >= 0.3 is 5.97 Å². The number of esters is 1. The van der Waals surface area contributed by atoms with Gasteiger partial charge in [0.25, 0.3) is 0 Å². The van der Waals surface area contributed by atoms with E-state index in [0.717, 1.165) is 5.69 Å². The average molecular weight is 288 g/mol. The summed E-state index contributed by atoms with van der Waals surface area (Å²) in [6.07, 6.45) is 3.16. The van der Waals surface area contributed by atoms with E-state index >= 15 is 0 Å². The van der Waals surface area contributed by atoms with E-state index < -0.39 is 12.0 Å². The number of allylic oxidation sites excluding steroid dienone is 1. The number of hydrogen-bond donors (Lipinski definition) is 1. The van der Waals surface area contributed by atoms with Crippen molar-refractivity contribution in [2.24, 2.45) is 0 Å². The normalized spacial score (nSPS) is 17.4. The topological polar surface area (TPSA) is 86.9 Å². The second-order valence-electron chi connectivity index (χ2n) is 4.66. The van der Waals surface area contributed by atoms with Crippen LogP contribution in [0.15, 0.2) is 29.9 Å². The van der Waals surface area contributed by atoms with Gasteiger partial charge in [0.05, 0.1) is 18.4 Å². The molecule has 0 aliphatic carbocycles. The van der Waals surface area contributed by atoms with Gasteiger partial charge < -0.3 is 10.1 Å². The standard InChI is InChI=1S/C13H16N6O2/c1-4-18-9(5-6-15-18)11-10(12(20)21-3)8(2)17-13-14-7-16-19(11)13/h5-7,11H,4H2,1-3H3,(H,14,16,17)/t11-/m0/s1. The summed E-state index contributed by atoms with van der Waals surface area (Å²) in [5.74, 6) is 0.198. The lowest BCUT2D eigenvalue weighted by molar-refractivity contribution is -0.136. The highest BCUT2D eigenvalue weighted by atomic mass is 16.5. The quantitative estimate of drug-likeness (QED) is 0.846. The SMILES string of the molecule is CCn1nccc1[C@H]1C(C(=O)OC)=C(C)Nc2ncnn21. The Morgan fingerprint density at radius 3 is 3.00 bits per heavy atom. The third kappa shape index (κ3) is 1.99. The smallest absolute Gasteiger partial charge is 0.338 e. The number of ether oxygens (including phenoxy) is 1. The van der Waals surface area contributed by atoms with Gasteiger partial charge in [-0.15, -0.1) is 0 Å². The summed E-state index contributed by atoms with van der Waals surface area (Å²) in [6, 6.07) is 1.47. The molecule has 2 aromatic heterocycles. The maximum Gasteiger partial charge on any atom is 0.338 e. The van der Waals surface area contributed by atoms with E-state index in [9.17, 15) is 4.79 Å². The minimum Gasteiger partial charge on any atom is -0.466 e. The molecular weight excluding hydrogens is 272 g/mol. The molecule has 1 atom stereocenters. The summed E-state index contributed by atoms with van der Waals surface area (Å²) in [4.78, 5) is 16.4. The number of aryl methyl sites for hydroxylation is 1. The number of anilines is 1. The van der Waals surface area contributed by atoms with E-state index in [-0.39, 0.29) is 0 Å². The number of rotatable bonds is 3. The molecule has 8 heteroatoms. The fourth-order valence-electron chi connectivity index (χ4n) is 2.58. The van der Waals surface area contributed by atoms with Gasteiger partial charge in [0.1, 0.15) is 12.4 Å². The van der Waals surface area contributed by atoms with E-state index in [4.69, 9.17) is 4.74 Å². The summed E-state index contributed by atoms with van der Waals surface area (Å²) in [5, 5.41) is 11.6. The third-order valence-corrected chi connectivity index (χ3v) is 3.53. The molecule has 3 heterocycles. The molecule has 0 saturated carbocycles. The lowest BCUT2D eigenvalue weighted by Gasteiger charge is -2.27. The van der Waals surface area contributed by atoms with Crippen LogP contribution in [0, 0.1) is 0 Å². The molecule has 0 amide bonds. The van der Waals surface area contributed by atoms with E-state index in [1.54, 1.807) is 10.9 Å². The van der Waals surface area contributed by atoms with Crippen LogP contribution in [0.5, 0.6) is 0 Å². The number of nitrogens with zero attached hydrogens (tertiary/aromatic N) is 5. The van der Waals surface area contributed by atoms with Crippen molar-refractivity contribution in [3.8, 4) is 0 Å². The fraction of sp³-hybridized carbons (Fsp3) is 0.385. The van der Waals surface area contributed by atoms with Gasteiger partial charge in [-0.1, -0.05) is 0 Å². The Labute approximate surface area is 121 Å². The van der Waals surface area contributed by atoms with Crippen molar-refractivity contribution in [2.75, 3.05) is 12.4 Å². The largest absolute Gasteiger partial charge is 0.466 e. The number of fused-ring (bicyclic) bond motifs is 1. The third-order valence-electron chi connectivity index (χ3n) is 3.53. The van der Waals surface area contributed by atoms with Gasteiger partial charge in [-0.05, 0) is 19.9 Å². The minimum atomic E-state index is -0.404. The van der Waals surface area contributed by atoms with Crippen LogP contribution in [0.1, 0.15) is 25.6 Å². The van der Waals surface area contributed by atoms with Crippen LogP contribution in [0.25, 0.3) is 0 Å². The maximum atomic E-state index is 12.2. The Morgan fingerprint density at radius 1 is 1.48 bits per heavy atom. The molecule has 8 nitrogen and oxygen atoms in total. The summed E-state index contributed by atoms with van der Waals surface area (Å²) < 4.78 is 8.43. The first kappa shape index (κ1) is 13.3. The number of methoxy groups -OCH3 is 1. The number of nitrogens with one attached hydrogen (secondary N) is 1. The zero-order valence-corrected chi connectivity index (χ0v) is 12.1. The molecule has 0 unspecified atom stereocenters. The van der Waals surface area contributed by atoms with Gasteiger partial charge in [0.15, 0.2) is 0 Å². The Kier molecular flexibility index (Phi) is 3.20. The molecule has 1 N–H and O–H groups in total. The molecule has 1 aliphatic rings. The van der Waals surface area contributed by atoms with Crippen LogP contribution in [0.4, 0.5) is 5.95 Å². The van der Waals surface area contributed by atoms with Crippen molar-refractivity contribution >= 4 is 11.9 Å². The Morgan fingerprint density at radius 2 is 2.29 bits per heavy atom.